The zero-order valence-corrected chi connectivity index (χ0v) is 27.8. The molecule has 12 heteroatoms. The molecule has 0 saturated carbocycles. The van der Waals surface area contributed by atoms with Crippen LogP contribution in [0.1, 0.15) is 22.3 Å². The first-order valence-electron chi connectivity index (χ1n) is 14.0. The number of aryl methyl sites for hydroxylation is 1. The van der Waals surface area contributed by atoms with Gasteiger partial charge in [-0.15, -0.1) is 17.5 Å². The van der Waals surface area contributed by atoms with Crippen LogP contribution in [0.2, 0.25) is 0 Å². The van der Waals surface area contributed by atoms with E-state index in [-0.39, 0.29) is 22.4 Å². The molecular formula is C36H24AuF9OP+. The van der Waals surface area contributed by atoms with E-state index >= 15 is 0 Å². The van der Waals surface area contributed by atoms with E-state index in [0.717, 1.165) is 58.7 Å². The van der Waals surface area contributed by atoms with Crippen molar-refractivity contribution in [3.8, 4) is 11.3 Å². The van der Waals surface area contributed by atoms with Crippen LogP contribution in [0, 0.1) is 13.0 Å². The second-order valence-corrected chi connectivity index (χ2v) is 13.0. The number of rotatable bonds is 4. The Labute approximate surface area is 286 Å². The molecule has 0 fully saturated rings. The van der Waals surface area contributed by atoms with Gasteiger partial charge in [-0.2, -0.15) is 39.5 Å². The van der Waals surface area contributed by atoms with Crippen molar-refractivity contribution < 1.29 is 66.3 Å². The van der Waals surface area contributed by atoms with Gasteiger partial charge in [-0.1, -0.05) is 53.6 Å². The Morgan fingerprint density at radius 2 is 0.875 bits per heavy atom. The molecule has 1 heterocycles. The van der Waals surface area contributed by atoms with Gasteiger partial charge in [-0.05, 0) is 79.7 Å². The Bertz CT molecular complexity index is 1760. The van der Waals surface area contributed by atoms with Crippen molar-refractivity contribution in [2.24, 2.45) is 0 Å². The first-order chi connectivity index (χ1) is 22.1. The predicted octanol–water partition coefficient (Wildman–Crippen LogP) is 10.4. The number of halogens is 9. The fourth-order valence-electron chi connectivity index (χ4n) is 4.73. The third-order valence-electron chi connectivity index (χ3n) is 7.16. The predicted molar refractivity (Wildman–Crippen MR) is 167 cm³/mol. The Morgan fingerprint density at radius 3 is 1.23 bits per heavy atom. The number of hydrogen-bond donors (Lipinski definition) is 0. The van der Waals surface area contributed by atoms with E-state index < -0.39 is 43.1 Å². The molecular weight excluding hydrogens is 847 g/mol. The second kappa shape index (κ2) is 14.7. The zero-order valence-electron chi connectivity index (χ0n) is 24.7. The summed E-state index contributed by atoms with van der Waals surface area (Å²) in [7, 11) is -2.16. The summed E-state index contributed by atoms with van der Waals surface area (Å²) in [5.41, 5.74) is 0.493. The number of benzene rings is 5. The van der Waals surface area contributed by atoms with Crippen LogP contribution in [0.25, 0.3) is 22.3 Å². The molecule has 48 heavy (non-hydrogen) atoms. The van der Waals surface area contributed by atoms with Crippen molar-refractivity contribution in [1.29, 1.82) is 0 Å². The van der Waals surface area contributed by atoms with Crippen molar-refractivity contribution in [3.05, 3.63) is 150 Å². The van der Waals surface area contributed by atoms with Crippen LogP contribution in [0.5, 0.6) is 0 Å². The fraction of sp³-hybridized carbons (Fsp3) is 0.111. The van der Waals surface area contributed by atoms with Gasteiger partial charge in [0.25, 0.3) is 0 Å². The molecule has 0 saturated heterocycles. The van der Waals surface area contributed by atoms with Gasteiger partial charge in [-0.3, -0.25) is 0 Å². The normalized spacial score (nSPS) is 12.0. The van der Waals surface area contributed by atoms with E-state index in [4.69, 9.17) is 4.42 Å². The number of fused-ring (bicyclic) bond motifs is 1. The third kappa shape index (κ3) is 8.99. The number of hydrogen-bond acceptors (Lipinski definition) is 1. The van der Waals surface area contributed by atoms with Crippen LogP contribution < -0.4 is 15.9 Å². The van der Waals surface area contributed by atoms with Crippen molar-refractivity contribution in [2.75, 3.05) is 0 Å². The monoisotopic (exact) mass is 871 g/mol. The van der Waals surface area contributed by atoms with E-state index in [1.807, 2.05) is 24.3 Å². The summed E-state index contributed by atoms with van der Waals surface area (Å²) in [5.74, 6) is 0.807. The van der Waals surface area contributed by atoms with E-state index in [1.54, 1.807) is 0 Å². The van der Waals surface area contributed by atoms with Crippen molar-refractivity contribution in [1.82, 2.24) is 0 Å². The Morgan fingerprint density at radius 1 is 0.500 bits per heavy atom. The molecule has 0 amide bonds. The molecule has 0 aliphatic rings. The number of furan rings is 1. The molecule has 1 aromatic heterocycles. The minimum atomic E-state index is -4.58. The van der Waals surface area contributed by atoms with E-state index in [2.05, 4.69) is 37.3 Å². The van der Waals surface area contributed by atoms with Crippen LogP contribution in [-0.4, -0.2) is 0 Å². The smallest absolute Gasteiger partial charge is 0.519 e. The largest absolute Gasteiger partial charge is 1.00 e. The first kappa shape index (κ1) is 37.0. The molecule has 0 aliphatic heterocycles. The summed E-state index contributed by atoms with van der Waals surface area (Å²) in [4.78, 5) is 0. The van der Waals surface area contributed by atoms with Gasteiger partial charge < -0.3 is 4.42 Å². The van der Waals surface area contributed by atoms with E-state index in [9.17, 15) is 39.5 Å². The molecule has 0 bridgehead atoms. The molecule has 0 aliphatic carbocycles. The van der Waals surface area contributed by atoms with Crippen molar-refractivity contribution >= 4 is 34.8 Å². The van der Waals surface area contributed by atoms with Crippen LogP contribution in [0.3, 0.4) is 0 Å². The Balaban J connectivity index is 0.000000255. The minimum absolute atomic E-state index is 0. The summed E-state index contributed by atoms with van der Waals surface area (Å²) in [6.07, 6.45) is -13.7. The summed E-state index contributed by atoms with van der Waals surface area (Å²) in [6, 6.07) is 31.7. The molecule has 0 N–H and O–H groups in total. The van der Waals surface area contributed by atoms with Gasteiger partial charge in [0.15, 0.2) is 0 Å². The van der Waals surface area contributed by atoms with Gasteiger partial charge in [-0.25, -0.2) is 0 Å². The van der Waals surface area contributed by atoms with Gasteiger partial charge in [0.1, 0.15) is 15.9 Å². The molecule has 0 unspecified atom stereocenters. The van der Waals surface area contributed by atoms with Gasteiger partial charge in [0, 0.05) is 11.3 Å². The molecule has 0 spiro atoms. The molecule has 252 valence electrons. The number of para-hydroxylation sites is 1. The average Bonchev–Trinajstić information content (AvgIpc) is 3.46. The second-order valence-electron chi connectivity index (χ2n) is 10.5. The van der Waals surface area contributed by atoms with Crippen LogP contribution in [-0.2, 0) is 40.9 Å². The SMILES string of the molecule is Cc1ccc(-c2[c-]c3ccccc3o2)cc1.FC(F)(F)c1ccc([PH+](c2ccc(C(F)(F)F)cc2)c2ccc(C(F)(F)F)cc2)cc1.[Au+]. The van der Waals surface area contributed by atoms with Gasteiger partial charge in [0.2, 0.25) is 0 Å². The summed E-state index contributed by atoms with van der Waals surface area (Å²) in [6.45, 7) is 2.08. The molecule has 1 nitrogen and oxygen atoms in total. The summed E-state index contributed by atoms with van der Waals surface area (Å²) in [5, 5.41) is 2.19. The van der Waals surface area contributed by atoms with Crippen LogP contribution in [0.4, 0.5) is 39.5 Å². The Kier molecular flexibility index (Phi) is 11.4. The maximum absolute atomic E-state index is 12.9. The molecule has 0 radical (unpaired) electrons. The van der Waals surface area contributed by atoms with Crippen molar-refractivity contribution in [2.45, 2.75) is 25.5 Å². The molecule has 5 aromatic carbocycles. The minimum Gasteiger partial charge on any atom is -0.519 e. The summed E-state index contributed by atoms with van der Waals surface area (Å²) < 4.78 is 122. The fourth-order valence-corrected chi connectivity index (χ4v) is 7.23. The van der Waals surface area contributed by atoms with Gasteiger partial charge >= 0.3 is 40.9 Å². The standard InChI is InChI=1S/C21H12F9P.C15H11O.Au/c22-19(23,24)13-1-7-16(8-2-13)31(17-9-3-14(4-10-17)20(25,26)27)18-11-5-15(6-12-18)21(28,29)30;1-11-6-8-12(9-7-11)15-10-13-4-2-3-5-14(13)16-15;/h1-12H;2-9H,1H3;/q;-1;+1/p+1. The van der Waals surface area contributed by atoms with Crippen molar-refractivity contribution in [3.63, 3.8) is 0 Å². The maximum Gasteiger partial charge on any atom is 1.00 e. The topological polar surface area (TPSA) is 13.1 Å². The zero-order chi connectivity index (χ0) is 34.0. The molecule has 0 atom stereocenters. The van der Waals surface area contributed by atoms with Crippen LogP contribution in [0.15, 0.2) is 126 Å². The molecule has 6 aromatic rings. The molecule has 6 rings (SSSR count). The van der Waals surface area contributed by atoms with E-state index in [0.29, 0.717) is 15.9 Å². The van der Waals surface area contributed by atoms with E-state index in [1.165, 1.54) is 42.0 Å². The summed E-state index contributed by atoms with van der Waals surface area (Å²) >= 11 is 0. The number of alkyl halides is 9. The van der Waals surface area contributed by atoms with Crippen LogP contribution >= 0.6 is 7.92 Å². The average molecular weight is 872 g/mol. The quantitative estimate of drug-likeness (QED) is 0.0745. The van der Waals surface area contributed by atoms with Gasteiger partial charge in [0.05, 0.1) is 24.6 Å². The first-order valence-corrected chi connectivity index (χ1v) is 15.5. The maximum atomic E-state index is 12.9. The Hall–Kier alpha value is -3.82. The third-order valence-corrected chi connectivity index (χ3v) is 9.90.